The van der Waals surface area contributed by atoms with Gasteiger partial charge in [0.05, 0.1) is 12.1 Å². The third kappa shape index (κ3) is 3.62. The predicted molar refractivity (Wildman–Crippen MR) is 83.5 cm³/mol. The van der Waals surface area contributed by atoms with Crippen molar-refractivity contribution < 1.29 is 13.6 Å². The van der Waals surface area contributed by atoms with Crippen LogP contribution in [0.1, 0.15) is 17.7 Å². The molecule has 5 heteroatoms. The molecular formula is C18H16F2N2O. The van der Waals surface area contributed by atoms with E-state index in [1.807, 2.05) is 24.3 Å². The van der Waals surface area contributed by atoms with Crippen LogP contribution in [0.2, 0.25) is 0 Å². The molecule has 118 valence electrons. The topological polar surface area (TPSA) is 33.2 Å². The number of pyridine rings is 1. The number of carbonyl (C=O) groups excluding carboxylic acids is 1. The molecule has 23 heavy (non-hydrogen) atoms. The van der Waals surface area contributed by atoms with Gasteiger partial charge >= 0.3 is 0 Å². The van der Waals surface area contributed by atoms with E-state index in [1.165, 1.54) is 0 Å². The summed E-state index contributed by atoms with van der Waals surface area (Å²) in [7, 11) is 0. The second kappa shape index (κ2) is 6.69. The van der Waals surface area contributed by atoms with E-state index in [0.29, 0.717) is 19.5 Å². The van der Waals surface area contributed by atoms with Gasteiger partial charge in [-0.2, -0.15) is 0 Å². The Hall–Kier alpha value is -2.56. The van der Waals surface area contributed by atoms with Crippen LogP contribution in [-0.4, -0.2) is 28.9 Å². The molecule has 0 bridgehead atoms. The highest BCUT2D eigenvalue weighted by Crippen LogP contribution is 2.21. The maximum absolute atomic E-state index is 13.6. The summed E-state index contributed by atoms with van der Waals surface area (Å²) in [6, 6.07) is 8.89. The molecule has 0 fully saturated rings. The molecule has 0 saturated heterocycles. The standard InChI is InChI=1S/C18H16F2N2O/c19-15-4-5-16(20)14(11-15)12-18(23)22-9-6-13(7-10-22)17-3-1-2-8-21-17/h1-6,8,11H,7,9-10,12H2. The van der Waals surface area contributed by atoms with E-state index < -0.39 is 11.6 Å². The third-order valence-corrected chi connectivity index (χ3v) is 3.91. The van der Waals surface area contributed by atoms with Gasteiger partial charge < -0.3 is 4.90 Å². The molecule has 0 N–H and O–H groups in total. The van der Waals surface area contributed by atoms with Gasteiger partial charge in [0.15, 0.2) is 0 Å². The lowest BCUT2D eigenvalue weighted by Gasteiger charge is -2.26. The van der Waals surface area contributed by atoms with Gasteiger partial charge in [-0.15, -0.1) is 0 Å². The predicted octanol–water partition coefficient (Wildman–Crippen LogP) is 3.22. The fraction of sp³-hybridized carbons (Fsp3) is 0.222. The van der Waals surface area contributed by atoms with Crippen LogP contribution in [0.4, 0.5) is 8.78 Å². The van der Waals surface area contributed by atoms with Gasteiger partial charge in [-0.05, 0) is 42.3 Å². The number of nitrogens with zero attached hydrogens (tertiary/aromatic N) is 2. The number of aromatic nitrogens is 1. The Balaban J connectivity index is 1.66. The minimum atomic E-state index is -0.554. The van der Waals surface area contributed by atoms with E-state index in [1.54, 1.807) is 11.1 Å². The molecule has 0 atom stereocenters. The Labute approximate surface area is 133 Å². The average Bonchev–Trinajstić information content (AvgIpc) is 2.59. The Morgan fingerprint density at radius 1 is 1.22 bits per heavy atom. The zero-order valence-electron chi connectivity index (χ0n) is 12.5. The van der Waals surface area contributed by atoms with E-state index in [2.05, 4.69) is 4.98 Å². The number of hydrogen-bond acceptors (Lipinski definition) is 2. The zero-order valence-corrected chi connectivity index (χ0v) is 12.5. The number of rotatable bonds is 3. The SMILES string of the molecule is O=C(Cc1cc(F)ccc1F)N1CC=C(c2ccccn2)CC1. The van der Waals surface area contributed by atoms with Gasteiger partial charge in [-0.25, -0.2) is 8.78 Å². The summed E-state index contributed by atoms with van der Waals surface area (Å²) in [6.07, 6.45) is 4.27. The second-order valence-corrected chi connectivity index (χ2v) is 5.45. The van der Waals surface area contributed by atoms with E-state index in [4.69, 9.17) is 0 Å². The highest BCUT2D eigenvalue weighted by molar-refractivity contribution is 5.80. The highest BCUT2D eigenvalue weighted by atomic mass is 19.1. The maximum Gasteiger partial charge on any atom is 0.227 e. The van der Waals surface area contributed by atoms with E-state index >= 15 is 0 Å². The summed E-state index contributed by atoms with van der Waals surface area (Å²) in [4.78, 5) is 18.2. The van der Waals surface area contributed by atoms with Crippen LogP contribution in [-0.2, 0) is 11.2 Å². The molecule has 3 nitrogen and oxygen atoms in total. The Kier molecular flexibility index (Phi) is 4.46. The Morgan fingerprint density at radius 2 is 2.09 bits per heavy atom. The van der Waals surface area contributed by atoms with Crippen LogP contribution in [0, 0.1) is 11.6 Å². The minimum absolute atomic E-state index is 0.0921. The first-order chi connectivity index (χ1) is 11.1. The third-order valence-electron chi connectivity index (χ3n) is 3.91. The first-order valence-electron chi connectivity index (χ1n) is 7.45. The fourth-order valence-electron chi connectivity index (χ4n) is 2.63. The van der Waals surface area contributed by atoms with E-state index in [-0.39, 0.29) is 17.9 Å². The van der Waals surface area contributed by atoms with Crippen molar-refractivity contribution in [3.8, 4) is 0 Å². The lowest BCUT2D eigenvalue weighted by Crippen LogP contribution is -2.36. The van der Waals surface area contributed by atoms with Crippen LogP contribution in [0.15, 0.2) is 48.7 Å². The molecule has 1 aromatic heterocycles. The maximum atomic E-state index is 13.6. The minimum Gasteiger partial charge on any atom is -0.338 e. The van der Waals surface area contributed by atoms with Gasteiger partial charge in [0, 0.05) is 24.8 Å². The van der Waals surface area contributed by atoms with Crippen molar-refractivity contribution >= 4 is 11.5 Å². The summed E-state index contributed by atoms with van der Waals surface area (Å²) in [5.74, 6) is -1.29. The molecule has 0 saturated carbocycles. The molecule has 2 aromatic rings. The van der Waals surface area contributed by atoms with Gasteiger partial charge in [-0.3, -0.25) is 9.78 Å². The van der Waals surface area contributed by atoms with Crippen LogP contribution in [0.3, 0.4) is 0 Å². The Bertz CT molecular complexity index is 744. The van der Waals surface area contributed by atoms with Gasteiger partial charge in [0.1, 0.15) is 11.6 Å². The number of benzene rings is 1. The van der Waals surface area contributed by atoms with Gasteiger partial charge in [0.2, 0.25) is 5.91 Å². The normalized spacial score (nSPS) is 14.5. The Morgan fingerprint density at radius 3 is 2.78 bits per heavy atom. The molecule has 0 radical (unpaired) electrons. The van der Waals surface area contributed by atoms with Crippen LogP contribution < -0.4 is 0 Å². The average molecular weight is 314 g/mol. The van der Waals surface area contributed by atoms with Crippen molar-refractivity contribution in [2.24, 2.45) is 0 Å². The fourth-order valence-corrected chi connectivity index (χ4v) is 2.63. The van der Waals surface area contributed by atoms with Gasteiger partial charge in [0.25, 0.3) is 0 Å². The molecule has 0 aliphatic carbocycles. The summed E-state index contributed by atoms with van der Waals surface area (Å²) in [6.45, 7) is 1.01. The molecule has 1 aliphatic heterocycles. The smallest absolute Gasteiger partial charge is 0.227 e. The van der Waals surface area contributed by atoms with Crippen molar-refractivity contribution in [2.75, 3.05) is 13.1 Å². The number of halogens is 2. The monoisotopic (exact) mass is 314 g/mol. The van der Waals surface area contributed by atoms with Crippen molar-refractivity contribution in [2.45, 2.75) is 12.8 Å². The van der Waals surface area contributed by atoms with Crippen LogP contribution in [0.25, 0.3) is 5.57 Å². The van der Waals surface area contributed by atoms with Crippen molar-refractivity contribution in [1.82, 2.24) is 9.88 Å². The first kappa shape index (κ1) is 15.3. The molecule has 2 heterocycles. The molecule has 1 aromatic carbocycles. The van der Waals surface area contributed by atoms with E-state index in [0.717, 1.165) is 29.5 Å². The highest BCUT2D eigenvalue weighted by Gasteiger charge is 2.19. The molecular weight excluding hydrogens is 298 g/mol. The number of hydrogen-bond donors (Lipinski definition) is 0. The lowest BCUT2D eigenvalue weighted by atomic mass is 10.0. The van der Waals surface area contributed by atoms with Crippen molar-refractivity contribution in [1.29, 1.82) is 0 Å². The largest absolute Gasteiger partial charge is 0.338 e. The summed E-state index contributed by atoms with van der Waals surface area (Å²) >= 11 is 0. The summed E-state index contributed by atoms with van der Waals surface area (Å²) < 4.78 is 26.8. The van der Waals surface area contributed by atoms with Crippen LogP contribution >= 0.6 is 0 Å². The molecule has 0 unspecified atom stereocenters. The zero-order chi connectivity index (χ0) is 16.2. The molecule has 1 aliphatic rings. The number of amides is 1. The summed E-state index contributed by atoms with van der Waals surface area (Å²) in [5.41, 5.74) is 2.11. The first-order valence-corrected chi connectivity index (χ1v) is 7.45. The quantitative estimate of drug-likeness (QED) is 0.871. The molecule has 0 spiro atoms. The second-order valence-electron chi connectivity index (χ2n) is 5.45. The molecule has 1 amide bonds. The number of carbonyl (C=O) groups is 1. The lowest BCUT2D eigenvalue weighted by molar-refractivity contribution is -0.130. The van der Waals surface area contributed by atoms with Crippen LogP contribution in [0.5, 0.6) is 0 Å². The van der Waals surface area contributed by atoms with E-state index in [9.17, 15) is 13.6 Å². The van der Waals surface area contributed by atoms with Crippen molar-refractivity contribution in [3.63, 3.8) is 0 Å². The molecule has 3 rings (SSSR count). The van der Waals surface area contributed by atoms with Crippen molar-refractivity contribution in [3.05, 3.63) is 71.6 Å². The summed E-state index contributed by atoms with van der Waals surface area (Å²) in [5, 5.41) is 0. The van der Waals surface area contributed by atoms with Gasteiger partial charge in [-0.1, -0.05) is 12.1 Å².